The number of anilines is 2. The number of hydrogen-bond acceptors (Lipinski definition) is 4. The first-order valence-electron chi connectivity index (χ1n) is 6.36. The van der Waals surface area contributed by atoms with Gasteiger partial charge < -0.3 is 4.90 Å². The van der Waals surface area contributed by atoms with Crippen LogP contribution in [0, 0.1) is 11.7 Å². The SMILES string of the molecule is O=C(Nc1ncn[nH]1)[C@H]1CC(=O)N(c2ccccc2F)C1. The Labute approximate surface area is 119 Å². The number of benzene rings is 1. The van der Waals surface area contributed by atoms with Crippen LogP contribution in [-0.2, 0) is 9.59 Å². The lowest BCUT2D eigenvalue weighted by Crippen LogP contribution is -2.28. The number of nitrogens with zero attached hydrogens (tertiary/aromatic N) is 3. The summed E-state index contributed by atoms with van der Waals surface area (Å²) in [5, 5.41) is 8.65. The summed E-state index contributed by atoms with van der Waals surface area (Å²) in [5.41, 5.74) is 0.192. The number of aromatic nitrogens is 3. The molecule has 1 aliphatic heterocycles. The molecule has 3 rings (SSSR count). The normalized spacial score (nSPS) is 18.0. The number of halogens is 1. The molecule has 1 saturated heterocycles. The summed E-state index contributed by atoms with van der Waals surface area (Å²) >= 11 is 0. The van der Waals surface area contributed by atoms with E-state index in [0.717, 1.165) is 0 Å². The van der Waals surface area contributed by atoms with Crippen LogP contribution in [0.1, 0.15) is 6.42 Å². The van der Waals surface area contributed by atoms with Crippen LogP contribution in [0.25, 0.3) is 0 Å². The van der Waals surface area contributed by atoms with E-state index < -0.39 is 11.7 Å². The van der Waals surface area contributed by atoms with Crippen LogP contribution < -0.4 is 10.2 Å². The number of aromatic amines is 1. The van der Waals surface area contributed by atoms with Gasteiger partial charge in [0.2, 0.25) is 17.8 Å². The van der Waals surface area contributed by atoms with E-state index in [1.54, 1.807) is 12.1 Å². The third-order valence-corrected chi connectivity index (χ3v) is 3.30. The number of nitrogens with one attached hydrogen (secondary N) is 2. The molecule has 1 aliphatic rings. The van der Waals surface area contributed by atoms with Gasteiger partial charge in [0.15, 0.2) is 0 Å². The second-order valence-corrected chi connectivity index (χ2v) is 4.68. The van der Waals surface area contributed by atoms with Crippen molar-refractivity contribution in [1.29, 1.82) is 0 Å². The van der Waals surface area contributed by atoms with Crippen molar-refractivity contribution >= 4 is 23.5 Å². The lowest BCUT2D eigenvalue weighted by molar-refractivity contribution is -0.122. The second kappa shape index (κ2) is 5.31. The summed E-state index contributed by atoms with van der Waals surface area (Å²) in [5.74, 6) is -1.45. The van der Waals surface area contributed by atoms with Crippen molar-refractivity contribution < 1.29 is 14.0 Å². The van der Waals surface area contributed by atoms with E-state index >= 15 is 0 Å². The highest BCUT2D eigenvalue weighted by molar-refractivity contribution is 6.03. The fraction of sp³-hybridized carbons (Fsp3) is 0.231. The van der Waals surface area contributed by atoms with E-state index in [2.05, 4.69) is 20.5 Å². The minimum absolute atomic E-state index is 0.0360. The van der Waals surface area contributed by atoms with Crippen LogP contribution in [0.2, 0.25) is 0 Å². The molecule has 0 radical (unpaired) electrons. The monoisotopic (exact) mass is 289 g/mol. The van der Waals surface area contributed by atoms with E-state index in [1.165, 1.54) is 23.4 Å². The largest absolute Gasteiger partial charge is 0.309 e. The third-order valence-electron chi connectivity index (χ3n) is 3.30. The molecule has 0 spiro atoms. The highest BCUT2D eigenvalue weighted by Gasteiger charge is 2.36. The smallest absolute Gasteiger partial charge is 0.232 e. The Morgan fingerprint density at radius 1 is 1.43 bits per heavy atom. The molecule has 2 heterocycles. The minimum Gasteiger partial charge on any atom is -0.309 e. The van der Waals surface area contributed by atoms with E-state index in [-0.39, 0.29) is 36.4 Å². The van der Waals surface area contributed by atoms with Gasteiger partial charge >= 0.3 is 0 Å². The Hall–Kier alpha value is -2.77. The van der Waals surface area contributed by atoms with Crippen molar-refractivity contribution in [3.63, 3.8) is 0 Å². The first-order chi connectivity index (χ1) is 10.1. The summed E-state index contributed by atoms with van der Waals surface area (Å²) in [6, 6.07) is 6.00. The van der Waals surface area contributed by atoms with Gasteiger partial charge in [0.05, 0.1) is 11.6 Å². The fourth-order valence-electron chi connectivity index (χ4n) is 2.27. The third kappa shape index (κ3) is 2.60. The van der Waals surface area contributed by atoms with Gasteiger partial charge in [-0.25, -0.2) is 9.49 Å². The van der Waals surface area contributed by atoms with Gasteiger partial charge in [-0.05, 0) is 12.1 Å². The van der Waals surface area contributed by atoms with Gasteiger partial charge in [-0.2, -0.15) is 10.1 Å². The summed E-state index contributed by atoms with van der Waals surface area (Å²) < 4.78 is 13.7. The van der Waals surface area contributed by atoms with Crippen molar-refractivity contribution in [2.75, 3.05) is 16.8 Å². The lowest BCUT2D eigenvalue weighted by Gasteiger charge is -2.17. The molecular formula is C13H12FN5O2. The molecule has 1 atom stereocenters. The topological polar surface area (TPSA) is 91.0 Å². The van der Waals surface area contributed by atoms with E-state index in [0.29, 0.717) is 0 Å². The van der Waals surface area contributed by atoms with Crippen LogP contribution in [0.5, 0.6) is 0 Å². The first-order valence-corrected chi connectivity index (χ1v) is 6.36. The molecule has 21 heavy (non-hydrogen) atoms. The molecule has 7 nitrogen and oxygen atoms in total. The highest BCUT2D eigenvalue weighted by Crippen LogP contribution is 2.27. The van der Waals surface area contributed by atoms with Crippen LogP contribution >= 0.6 is 0 Å². The molecule has 108 valence electrons. The number of amides is 2. The van der Waals surface area contributed by atoms with Gasteiger partial charge in [0.25, 0.3) is 0 Å². The number of carbonyl (C=O) groups is 2. The van der Waals surface area contributed by atoms with Crippen molar-refractivity contribution in [3.05, 3.63) is 36.4 Å². The first kappa shape index (κ1) is 13.2. The van der Waals surface area contributed by atoms with Crippen LogP contribution in [0.4, 0.5) is 16.0 Å². The van der Waals surface area contributed by atoms with E-state index in [1.807, 2.05) is 0 Å². The van der Waals surface area contributed by atoms with Crippen molar-refractivity contribution in [2.45, 2.75) is 6.42 Å². The number of carbonyl (C=O) groups excluding carboxylic acids is 2. The number of rotatable bonds is 3. The minimum atomic E-state index is -0.554. The number of para-hydroxylation sites is 1. The zero-order valence-corrected chi connectivity index (χ0v) is 10.9. The Morgan fingerprint density at radius 2 is 2.24 bits per heavy atom. The van der Waals surface area contributed by atoms with Crippen LogP contribution in [0.3, 0.4) is 0 Å². The zero-order valence-electron chi connectivity index (χ0n) is 10.9. The summed E-state index contributed by atoms with van der Waals surface area (Å²) in [7, 11) is 0. The van der Waals surface area contributed by atoms with Crippen LogP contribution in [0.15, 0.2) is 30.6 Å². The maximum Gasteiger partial charge on any atom is 0.232 e. The predicted molar refractivity (Wildman–Crippen MR) is 71.9 cm³/mol. The Balaban J connectivity index is 1.73. The lowest BCUT2D eigenvalue weighted by atomic mass is 10.1. The molecule has 2 aromatic rings. The maximum absolute atomic E-state index is 13.7. The van der Waals surface area contributed by atoms with E-state index in [9.17, 15) is 14.0 Å². The van der Waals surface area contributed by atoms with E-state index in [4.69, 9.17) is 0 Å². The molecule has 1 fully saturated rings. The average Bonchev–Trinajstić information content (AvgIpc) is 3.09. The fourth-order valence-corrected chi connectivity index (χ4v) is 2.27. The summed E-state index contributed by atoms with van der Waals surface area (Å²) in [4.78, 5) is 29.1. The van der Waals surface area contributed by atoms with Gasteiger partial charge in [0, 0.05) is 13.0 Å². The molecule has 2 amide bonds. The Morgan fingerprint density at radius 3 is 2.95 bits per heavy atom. The number of H-pyrrole nitrogens is 1. The predicted octanol–water partition coefficient (Wildman–Crippen LogP) is 0.935. The second-order valence-electron chi connectivity index (χ2n) is 4.68. The average molecular weight is 289 g/mol. The molecule has 0 bridgehead atoms. The molecule has 1 aromatic heterocycles. The standard InChI is InChI=1S/C13H12FN5O2/c14-9-3-1-2-4-10(9)19-6-8(5-11(19)20)12(21)17-13-15-7-16-18-13/h1-4,7-8H,5-6H2,(H2,15,16,17,18,21)/t8-/m0/s1. The molecule has 0 aliphatic carbocycles. The Kier molecular flexibility index (Phi) is 3.35. The summed E-state index contributed by atoms with van der Waals surface area (Å²) in [6.07, 6.45) is 1.30. The highest BCUT2D eigenvalue weighted by atomic mass is 19.1. The summed E-state index contributed by atoms with van der Waals surface area (Å²) in [6.45, 7) is 0.139. The maximum atomic E-state index is 13.7. The zero-order chi connectivity index (χ0) is 14.8. The molecule has 8 heteroatoms. The molecule has 2 N–H and O–H groups in total. The van der Waals surface area contributed by atoms with Gasteiger partial charge in [-0.3, -0.25) is 14.9 Å². The van der Waals surface area contributed by atoms with Gasteiger partial charge in [-0.15, -0.1) is 0 Å². The Bertz CT molecular complexity index is 673. The molecule has 1 aromatic carbocycles. The van der Waals surface area contributed by atoms with Crippen LogP contribution in [-0.4, -0.2) is 33.5 Å². The molecular weight excluding hydrogens is 277 g/mol. The quantitative estimate of drug-likeness (QED) is 0.879. The van der Waals surface area contributed by atoms with Crippen molar-refractivity contribution in [3.8, 4) is 0 Å². The molecule has 0 saturated carbocycles. The van der Waals surface area contributed by atoms with Gasteiger partial charge in [0.1, 0.15) is 12.1 Å². The van der Waals surface area contributed by atoms with Crippen molar-refractivity contribution in [2.24, 2.45) is 5.92 Å². The molecule has 0 unspecified atom stereocenters. The van der Waals surface area contributed by atoms with Crippen molar-refractivity contribution in [1.82, 2.24) is 15.2 Å². The van der Waals surface area contributed by atoms with Gasteiger partial charge in [-0.1, -0.05) is 12.1 Å². The number of hydrogen-bond donors (Lipinski definition) is 2.